The molecule has 0 fully saturated rings. The number of thiazole rings is 1. The summed E-state index contributed by atoms with van der Waals surface area (Å²) in [7, 11) is 4.15. The van der Waals surface area contributed by atoms with Gasteiger partial charge in [0, 0.05) is 24.0 Å². The summed E-state index contributed by atoms with van der Waals surface area (Å²) in [5.41, 5.74) is 0. The molecule has 1 aromatic heterocycles. The lowest BCUT2D eigenvalue weighted by atomic mass is 10.3. The molecule has 0 amide bonds. The van der Waals surface area contributed by atoms with Crippen LogP contribution >= 0.6 is 24.0 Å². The van der Waals surface area contributed by atoms with E-state index < -0.39 is 0 Å². The van der Waals surface area contributed by atoms with Gasteiger partial charge in [-0.1, -0.05) is 0 Å². The fraction of sp³-hybridized carbons (Fsp3) is 0.667. The maximum Gasteiger partial charge on any atom is 0.0928 e. The fourth-order valence-electron chi connectivity index (χ4n) is 1.08. The van der Waals surface area contributed by atoms with Crippen LogP contribution < -0.4 is 0 Å². The quantitative estimate of drug-likeness (QED) is 0.759. The number of aromatic nitrogens is 1. The van der Waals surface area contributed by atoms with Crippen molar-refractivity contribution < 1.29 is 0 Å². The summed E-state index contributed by atoms with van der Waals surface area (Å²) in [6.07, 6.45) is 4.18. The molecule has 0 atom stereocenters. The predicted molar refractivity (Wildman–Crippen MR) is 61.7 cm³/mol. The molecule has 0 radical (unpaired) electrons. The summed E-state index contributed by atoms with van der Waals surface area (Å²) in [5.74, 6) is 0.947. The van der Waals surface area contributed by atoms with Gasteiger partial charge in [0.25, 0.3) is 0 Å². The molecule has 0 aliphatic heterocycles. The summed E-state index contributed by atoms with van der Waals surface area (Å²) in [5, 5.41) is 1.24. The monoisotopic (exact) mass is 216 g/mol. The van der Waals surface area contributed by atoms with Crippen LogP contribution in [0.1, 0.15) is 16.3 Å². The van der Waals surface area contributed by atoms with E-state index in [0.29, 0.717) is 0 Å². The molecular weight excluding hydrogens is 200 g/mol. The van der Waals surface area contributed by atoms with E-state index in [0.717, 1.165) is 25.1 Å². The Kier molecular flexibility index (Phi) is 4.77. The van der Waals surface area contributed by atoms with Crippen LogP contribution in [0.2, 0.25) is 0 Å². The lowest BCUT2D eigenvalue weighted by Gasteiger charge is -2.05. The summed E-state index contributed by atoms with van der Waals surface area (Å²) in [4.78, 5) is 7.87. The number of thiol groups is 1. The molecule has 1 aromatic rings. The van der Waals surface area contributed by atoms with Crippen LogP contribution in [-0.4, -0.2) is 29.7 Å². The third kappa shape index (κ3) is 4.11. The third-order valence-electron chi connectivity index (χ3n) is 1.62. The molecule has 1 heterocycles. The Hall–Kier alpha value is -0.0600. The van der Waals surface area contributed by atoms with Gasteiger partial charge in [-0.05, 0) is 26.3 Å². The van der Waals surface area contributed by atoms with Crippen molar-refractivity contribution in [3.05, 3.63) is 16.1 Å². The molecule has 0 spiro atoms. The summed E-state index contributed by atoms with van der Waals surface area (Å²) in [6.45, 7) is 0.999. The second-order valence-corrected chi connectivity index (χ2v) is 4.93. The minimum absolute atomic E-state index is 0.947. The molecule has 0 aliphatic rings. The van der Waals surface area contributed by atoms with Crippen molar-refractivity contribution in [3.8, 4) is 0 Å². The molecule has 1 rings (SSSR count). The van der Waals surface area contributed by atoms with Gasteiger partial charge < -0.3 is 4.90 Å². The SMILES string of the molecule is CN(C)Cc1cnc(CCCS)s1. The first kappa shape index (κ1) is 11.0. The predicted octanol–water partition coefficient (Wildman–Crippen LogP) is 2.07. The molecular formula is C9H16N2S2. The van der Waals surface area contributed by atoms with Gasteiger partial charge in [-0.3, -0.25) is 0 Å². The first-order valence-corrected chi connectivity index (χ1v) is 5.86. The van der Waals surface area contributed by atoms with Crippen molar-refractivity contribution in [3.63, 3.8) is 0 Å². The van der Waals surface area contributed by atoms with Crippen molar-refractivity contribution in [1.29, 1.82) is 0 Å². The standard InChI is InChI=1S/C9H16N2S2/c1-11(2)7-8-6-10-9(13-8)4-3-5-12/h6,12H,3-5,7H2,1-2H3. The fourth-order valence-corrected chi connectivity index (χ4v) is 2.32. The average molecular weight is 216 g/mol. The highest BCUT2D eigenvalue weighted by Gasteiger charge is 2.02. The van der Waals surface area contributed by atoms with Crippen LogP contribution in [0.15, 0.2) is 6.20 Å². The van der Waals surface area contributed by atoms with Gasteiger partial charge in [-0.15, -0.1) is 11.3 Å². The zero-order valence-corrected chi connectivity index (χ0v) is 9.87. The number of aryl methyl sites for hydroxylation is 1. The Morgan fingerprint density at radius 1 is 1.54 bits per heavy atom. The highest BCUT2D eigenvalue weighted by Crippen LogP contribution is 2.15. The minimum atomic E-state index is 0.947. The molecule has 0 bridgehead atoms. The smallest absolute Gasteiger partial charge is 0.0928 e. The molecule has 0 aliphatic carbocycles. The highest BCUT2D eigenvalue weighted by atomic mass is 32.1. The van der Waals surface area contributed by atoms with E-state index in [1.807, 2.05) is 17.5 Å². The molecule has 2 nitrogen and oxygen atoms in total. The molecule has 74 valence electrons. The molecule has 0 saturated heterocycles. The second kappa shape index (κ2) is 5.62. The van der Waals surface area contributed by atoms with Crippen LogP contribution in [-0.2, 0) is 13.0 Å². The number of hydrogen-bond donors (Lipinski definition) is 1. The van der Waals surface area contributed by atoms with E-state index in [1.165, 1.54) is 9.88 Å². The molecule has 0 unspecified atom stereocenters. The Bertz CT molecular complexity index is 246. The number of rotatable bonds is 5. The largest absolute Gasteiger partial charge is 0.304 e. The summed E-state index contributed by atoms with van der Waals surface area (Å²) < 4.78 is 0. The Labute approximate surface area is 89.4 Å². The number of nitrogens with zero attached hydrogens (tertiary/aromatic N) is 2. The maximum absolute atomic E-state index is 4.36. The molecule has 13 heavy (non-hydrogen) atoms. The van der Waals surface area contributed by atoms with Gasteiger partial charge in [-0.25, -0.2) is 4.98 Å². The first-order valence-electron chi connectivity index (χ1n) is 4.41. The van der Waals surface area contributed by atoms with E-state index in [2.05, 4.69) is 36.6 Å². The van der Waals surface area contributed by atoms with E-state index >= 15 is 0 Å². The van der Waals surface area contributed by atoms with Crippen molar-refractivity contribution in [2.45, 2.75) is 19.4 Å². The van der Waals surface area contributed by atoms with Crippen molar-refractivity contribution in [2.24, 2.45) is 0 Å². The minimum Gasteiger partial charge on any atom is -0.304 e. The highest BCUT2D eigenvalue weighted by molar-refractivity contribution is 7.80. The molecule has 4 heteroatoms. The van der Waals surface area contributed by atoms with Gasteiger partial charge in [-0.2, -0.15) is 12.6 Å². The molecule has 0 N–H and O–H groups in total. The van der Waals surface area contributed by atoms with E-state index in [-0.39, 0.29) is 0 Å². The van der Waals surface area contributed by atoms with Gasteiger partial charge in [0.2, 0.25) is 0 Å². The van der Waals surface area contributed by atoms with Gasteiger partial charge in [0.15, 0.2) is 0 Å². The van der Waals surface area contributed by atoms with Crippen molar-refractivity contribution >= 4 is 24.0 Å². The first-order chi connectivity index (χ1) is 6.22. The van der Waals surface area contributed by atoms with Gasteiger partial charge in [0.1, 0.15) is 0 Å². The summed E-state index contributed by atoms with van der Waals surface area (Å²) in [6, 6.07) is 0. The Morgan fingerprint density at radius 2 is 2.31 bits per heavy atom. The van der Waals surface area contributed by atoms with Crippen LogP contribution in [0.5, 0.6) is 0 Å². The van der Waals surface area contributed by atoms with Crippen LogP contribution in [0.25, 0.3) is 0 Å². The molecule has 0 aromatic carbocycles. The van der Waals surface area contributed by atoms with Crippen LogP contribution in [0, 0.1) is 0 Å². The third-order valence-corrected chi connectivity index (χ3v) is 2.98. The lowest BCUT2D eigenvalue weighted by Crippen LogP contribution is -2.09. The Balaban J connectivity index is 2.44. The zero-order valence-electron chi connectivity index (χ0n) is 8.16. The van der Waals surface area contributed by atoms with Crippen LogP contribution in [0.3, 0.4) is 0 Å². The summed E-state index contributed by atoms with van der Waals surface area (Å²) >= 11 is 6.00. The average Bonchev–Trinajstić information content (AvgIpc) is 2.48. The Morgan fingerprint density at radius 3 is 2.92 bits per heavy atom. The maximum atomic E-state index is 4.36. The van der Waals surface area contributed by atoms with E-state index in [9.17, 15) is 0 Å². The van der Waals surface area contributed by atoms with E-state index in [1.54, 1.807) is 0 Å². The van der Waals surface area contributed by atoms with Gasteiger partial charge in [0.05, 0.1) is 5.01 Å². The van der Waals surface area contributed by atoms with Gasteiger partial charge >= 0.3 is 0 Å². The topological polar surface area (TPSA) is 16.1 Å². The van der Waals surface area contributed by atoms with Crippen molar-refractivity contribution in [2.75, 3.05) is 19.8 Å². The van der Waals surface area contributed by atoms with Crippen LogP contribution in [0.4, 0.5) is 0 Å². The van der Waals surface area contributed by atoms with Crippen molar-refractivity contribution in [1.82, 2.24) is 9.88 Å². The second-order valence-electron chi connectivity index (χ2n) is 3.29. The zero-order chi connectivity index (χ0) is 9.68. The number of hydrogen-bond acceptors (Lipinski definition) is 4. The normalized spacial score (nSPS) is 11.1. The molecule has 0 saturated carbocycles. The van der Waals surface area contributed by atoms with E-state index in [4.69, 9.17) is 0 Å². The lowest BCUT2D eigenvalue weighted by molar-refractivity contribution is 0.406.